The highest BCUT2D eigenvalue weighted by atomic mass is 32.2. The van der Waals surface area contributed by atoms with Crippen molar-refractivity contribution in [3.8, 4) is 23.0 Å². The Labute approximate surface area is 639 Å². The minimum atomic E-state index is -0.518. The minimum Gasteiger partial charge on any atom is -0.462 e. The molecule has 0 bridgehead atoms. The van der Waals surface area contributed by atoms with Crippen LogP contribution >= 0.6 is 0 Å². The van der Waals surface area contributed by atoms with Gasteiger partial charge in [0, 0.05) is 28.5 Å². The zero-order chi connectivity index (χ0) is 73.2. The molecular weight excluding hydrogens is 1390 g/mol. The number of hydrogen-bond acceptors (Lipinski definition) is 12. The predicted octanol–water partition coefficient (Wildman–Crippen LogP) is 21.3. The van der Waals surface area contributed by atoms with E-state index in [0.29, 0.717) is 94.6 Å². The first-order chi connectivity index (χ1) is 50.6. The number of esters is 6. The number of unbranched alkanes of at least 4 members (excludes halogenated alkanes) is 1. The van der Waals surface area contributed by atoms with E-state index in [1.165, 1.54) is 29.4 Å². The van der Waals surface area contributed by atoms with Gasteiger partial charge in [0.05, 0.1) is 50.8 Å². The molecule has 0 atom stereocenters. The van der Waals surface area contributed by atoms with Gasteiger partial charge in [-0.2, -0.15) is 0 Å². The molecule has 0 saturated heterocycles. The lowest BCUT2D eigenvalue weighted by molar-refractivity contribution is -0.148. The second-order valence-corrected chi connectivity index (χ2v) is 30.4. The second-order valence-electron chi connectivity index (χ2n) is 24.4. The van der Waals surface area contributed by atoms with Gasteiger partial charge in [0.15, 0.2) is 44.1 Å². The first kappa shape index (κ1) is 83.0. The maximum Gasteiger partial charge on any atom is 0.344 e. The van der Waals surface area contributed by atoms with Crippen molar-refractivity contribution in [1.82, 2.24) is 0 Å². The summed E-state index contributed by atoms with van der Waals surface area (Å²) in [4.78, 5) is 83.9. The van der Waals surface area contributed by atoms with E-state index in [1.807, 2.05) is 170 Å². The molecule has 548 valence electrons. The van der Waals surface area contributed by atoms with E-state index in [9.17, 15) is 28.8 Å². The Bertz CT molecular complexity index is 4590. The van der Waals surface area contributed by atoms with Gasteiger partial charge in [-0.3, -0.25) is 9.59 Å². The van der Waals surface area contributed by atoms with E-state index in [-0.39, 0.29) is 97.9 Å². The number of fused-ring (bicyclic) bond motifs is 1. The normalized spacial score (nSPS) is 12.6. The molecule has 0 aromatic heterocycles. The number of carbonyl (C=O) groups is 6. The van der Waals surface area contributed by atoms with Crippen LogP contribution in [0.5, 0.6) is 23.0 Å². The van der Waals surface area contributed by atoms with E-state index in [0.717, 1.165) is 14.7 Å². The highest BCUT2D eigenvalue weighted by Crippen LogP contribution is 2.37. The summed E-state index contributed by atoms with van der Waals surface area (Å²) < 4.78 is 32.8. The maximum atomic E-state index is 13.2. The topological polar surface area (TPSA) is 158 Å². The average molecular weight is 1480 g/mol. The monoisotopic (exact) mass is 1480 g/mol. The fraction of sp³-hybridized carbons (Fsp3) is 0.141. The van der Waals surface area contributed by atoms with Crippen LogP contribution in [0.15, 0.2) is 372 Å². The predicted molar refractivity (Wildman–Crippen MR) is 431 cm³/mol. The lowest BCUT2D eigenvalue weighted by atomic mass is 9.87. The molecule has 107 heavy (non-hydrogen) atoms. The van der Waals surface area contributed by atoms with Gasteiger partial charge in [0.2, 0.25) is 0 Å². The smallest absolute Gasteiger partial charge is 0.344 e. The third kappa shape index (κ3) is 23.9. The molecule has 0 amide bonds. The number of rotatable bonds is 24. The van der Waals surface area contributed by atoms with Gasteiger partial charge >= 0.3 is 35.8 Å². The summed E-state index contributed by atoms with van der Waals surface area (Å²) in [7, 11) is -0.768. The SMILES string of the molecule is C=C(C)C(=O)OC1CCC(C(=O)Oc2ccc([S+](c3ccccc3)c3ccccc3)cc2)CC1.C=C(C)C(=O)OCCCCC(=O)Oc1ccc([S+](c2ccccc2)c2ccccc2)cc1.C=C(C)C(=O)Oc1ccc(C(=O)Oc2ccc([S+](c3ccccc3)c3ccccc3)cc2)c2ccccc12.[CH3-].[CH3-].[CH3-]. The highest BCUT2D eigenvalue weighted by molar-refractivity contribution is 7.97. The van der Waals surface area contributed by atoms with Gasteiger partial charge in [0.25, 0.3) is 0 Å². The maximum absolute atomic E-state index is 13.2. The third-order valence-electron chi connectivity index (χ3n) is 16.4. The van der Waals surface area contributed by atoms with Gasteiger partial charge in [-0.15, -0.1) is 0 Å². The lowest BCUT2D eigenvalue weighted by Crippen LogP contribution is -2.30. The van der Waals surface area contributed by atoms with Crippen LogP contribution in [0.25, 0.3) is 10.8 Å². The van der Waals surface area contributed by atoms with Crippen molar-refractivity contribution in [3.05, 3.63) is 355 Å². The summed E-state index contributed by atoms with van der Waals surface area (Å²) in [5, 5.41) is 1.28. The summed E-state index contributed by atoms with van der Waals surface area (Å²) >= 11 is 0. The molecule has 0 radical (unpaired) electrons. The molecule has 12 rings (SSSR count). The molecule has 0 heterocycles. The Morgan fingerprint density at radius 3 is 1.06 bits per heavy atom. The van der Waals surface area contributed by atoms with E-state index in [2.05, 4.69) is 117 Å². The van der Waals surface area contributed by atoms with E-state index >= 15 is 0 Å². The highest BCUT2D eigenvalue weighted by Gasteiger charge is 2.33. The first-order valence-electron chi connectivity index (χ1n) is 34.1. The molecule has 0 unspecified atom stereocenters. The molecule has 1 aliphatic rings. The van der Waals surface area contributed by atoms with Gasteiger partial charge in [-0.05, 0) is 222 Å². The fourth-order valence-electron chi connectivity index (χ4n) is 11.1. The van der Waals surface area contributed by atoms with Crippen LogP contribution in [0.1, 0.15) is 76.1 Å². The number of benzene rings is 11. The molecule has 0 N–H and O–H groups in total. The molecule has 12 nitrogen and oxygen atoms in total. The molecule has 1 fully saturated rings. The molecule has 0 aliphatic heterocycles. The Morgan fingerprint density at radius 2 is 0.682 bits per heavy atom. The number of ether oxygens (including phenoxy) is 6. The molecule has 1 aliphatic carbocycles. The quantitative estimate of drug-likeness (QED) is 0.0141. The van der Waals surface area contributed by atoms with Crippen molar-refractivity contribution in [3.63, 3.8) is 0 Å². The number of hydrogen-bond donors (Lipinski definition) is 0. The van der Waals surface area contributed by atoms with Crippen LogP contribution in [-0.4, -0.2) is 48.5 Å². The van der Waals surface area contributed by atoms with Gasteiger partial charge in [-0.1, -0.05) is 153 Å². The second kappa shape index (κ2) is 42.1. The van der Waals surface area contributed by atoms with E-state index < -0.39 is 17.9 Å². The summed E-state index contributed by atoms with van der Waals surface area (Å²) in [5.74, 6) is -0.583. The lowest BCUT2D eigenvalue weighted by Gasteiger charge is -2.27. The standard InChI is InChI=1S/C33H25O4S.C29H29O4S.C27H27O4S.3CH3/c1-23(2)32(34)37-31-22-21-30(28-15-9-10-16-29(28)31)33(35)36-24-17-19-27(20-18-24)38(25-11-5-3-6-12-25)26-13-7-4-8-14-26;1-21(2)28(30)32-23-15-13-22(14-16-23)29(31)33-24-17-19-27(20-18-24)34(25-9-5-3-6-10-25)26-11-7-4-8-12-26;1-21(2)27(29)30-20-10-9-15-26(28)31-22-16-18-25(19-17-22)32(23-11-5-3-6-12-23)24-13-7-4-8-14-24;;;/h3-22H,1H2,2H3;3-12,17-20,22-23H,1,13-16H2,2H3;3-8,11-14,16-19H,1,9-10,15,20H2,2H3;3*1H3/q3*+1;3*-1. The van der Waals surface area contributed by atoms with E-state index in [4.69, 9.17) is 28.4 Å². The Kier molecular flexibility index (Phi) is 32.6. The molecule has 15 heteroatoms. The largest absolute Gasteiger partial charge is 0.462 e. The molecular formula is C92H90O12S3. The van der Waals surface area contributed by atoms with E-state index in [1.54, 1.807) is 45.0 Å². The van der Waals surface area contributed by atoms with Crippen molar-refractivity contribution < 1.29 is 57.2 Å². The zero-order valence-corrected chi connectivity index (χ0v) is 63.7. The first-order valence-corrected chi connectivity index (χ1v) is 37.8. The van der Waals surface area contributed by atoms with Crippen LogP contribution in [0.4, 0.5) is 0 Å². The summed E-state index contributed by atoms with van der Waals surface area (Å²) in [6.45, 7) is 15.9. The summed E-state index contributed by atoms with van der Waals surface area (Å²) in [5.41, 5.74) is 1.44. The van der Waals surface area contributed by atoms with Crippen molar-refractivity contribution in [2.45, 2.75) is 116 Å². The molecule has 0 spiro atoms. The zero-order valence-electron chi connectivity index (χ0n) is 61.3. The van der Waals surface area contributed by atoms with Crippen LogP contribution in [-0.2, 0) is 66.1 Å². The molecule has 11 aromatic carbocycles. The Morgan fingerprint density at radius 1 is 0.346 bits per heavy atom. The Hall–Kier alpha value is -11.2. The van der Waals surface area contributed by atoms with Crippen molar-refractivity contribution >= 4 is 79.3 Å². The van der Waals surface area contributed by atoms with Crippen molar-refractivity contribution in [1.29, 1.82) is 0 Å². The van der Waals surface area contributed by atoms with Gasteiger partial charge in [-0.25, -0.2) is 19.2 Å². The van der Waals surface area contributed by atoms with Gasteiger partial charge in [0.1, 0.15) is 29.1 Å². The average Bonchev–Trinajstić information content (AvgIpc) is 0.795. The van der Waals surface area contributed by atoms with Crippen LogP contribution in [0.2, 0.25) is 0 Å². The van der Waals surface area contributed by atoms with Gasteiger partial charge < -0.3 is 50.7 Å². The van der Waals surface area contributed by atoms with Crippen LogP contribution < -0.4 is 18.9 Å². The van der Waals surface area contributed by atoms with Crippen LogP contribution in [0.3, 0.4) is 0 Å². The molecule has 11 aromatic rings. The number of carbonyl (C=O) groups excluding carboxylic acids is 6. The van der Waals surface area contributed by atoms with Crippen molar-refractivity contribution in [2.75, 3.05) is 6.61 Å². The molecule has 1 saturated carbocycles. The third-order valence-corrected chi connectivity index (χ3v) is 23.0. The summed E-state index contributed by atoms with van der Waals surface area (Å²) in [6.07, 6.45) is 3.93. The minimum absolute atomic E-state index is 0. The summed E-state index contributed by atoms with van der Waals surface area (Å²) in [6, 6.07) is 96.1. The van der Waals surface area contributed by atoms with Crippen LogP contribution in [0, 0.1) is 28.2 Å². The van der Waals surface area contributed by atoms with Crippen molar-refractivity contribution in [2.24, 2.45) is 5.92 Å². The Balaban J connectivity index is 0.000000222. The fourth-order valence-corrected chi connectivity index (χ4v) is 17.3.